The van der Waals surface area contributed by atoms with Crippen LogP contribution in [0.3, 0.4) is 0 Å². The summed E-state index contributed by atoms with van der Waals surface area (Å²) in [5.41, 5.74) is 1.06. The van der Waals surface area contributed by atoms with Crippen molar-refractivity contribution in [2.75, 3.05) is 12.4 Å². The molecule has 2 aromatic carbocycles. The molecule has 0 fully saturated rings. The Kier molecular flexibility index (Phi) is 4.37. The van der Waals surface area contributed by atoms with E-state index >= 15 is 0 Å². The fraction of sp³-hybridized carbons (Fsp3) is 0.143. The molecule has 5 heteroatoms. The normalized spacial score (nSPS) is 10.3. The van der Waals surface area contributed by atoms with Crippen molar-refractivity contribution >= 4 is 21.6 Å². The second kappa shape index (κ2) is 6.02. The lowest BCUT2D eigenvalue weighted by Gasteiger charge is -2.10. The number of nitrogens with one attached hydrogen (secondary N) is 1. The maximum Gasteiger partial charge on any atom is 0.165 e. The summed E-state index contributed by atoms with van der Waals surface area (Å²) in [4.78, 5) is 0. The minimum atomic E-state index is -0.436. The van der Waals surface area contributed by atoms with Gasteiger partial charge >= 0.3 is 0 Å². The summed E-state index contributed by atoms with van der Waals surface area (Å²) < 4.78 is 32.5. The van der Waals surface area contributed by atoms with Gasteiger partial charge in [0.25, 0.3) is 0 Å². The molecule has 0 amide bonds. The molecule has 2 nitrogen and oxygen atoms in total. The second-order valence-electron chi connectivity index (χ2n) is 3.92. The number of methoxy groups -OCH3 is 1. The zero-order valence-electron chi connectivity index (χ0n) is 10.2. The van der Waals surface area contributed by atoms with Crippen LogP contribution in [0.5, 0.6) is 5.75 Å². The van der Waals surface area contributed by atoms with Crippen molar-refractivity contribution in [3.05, 3.63) is 58.1 Å². The van der Waals surface area contributed by atoms with Crippen molar-refractivity contribution in [3.63, 3.8) is 0 Å². The first kappa shape index (κ1) is 13.8. The number of benzene rings is 2. The van der Waals surface area contributed by atoms with Gasteiger partial charge in [0.1, 0.15) is 5.82 Å². The monoisotopic (exact) mass is 327 g/mol. The lowest BCUT2D eigenvalue weighted by atomic mass is 10.2. The quantitative estimate of drug-likeness (QED) is 0.901. The van der Waals surface area contributed by atoms with Gasteiger partial charge < -0.3 is 10.1 Å². The Hall–Kier alpha value is -1.62. The van der Waals surface area contributed by atoms with E-state index in [0.717, 1.165) is 0 Å². The molecule has 0 aromatic heterocycles. The van der Waals surface area contributed by atoms with Gasteiger partial charge in [-0.05, 0) is 45.8 Å². The number of hydrogen-bond acceptors (Lipinski definition) is 2. The van der Waals surface area contributed by atoms with Gasteiger partial charge in [0.2, 0.25) is 0 Å². The number of para-hydroxylation sites is 1. The maximum absolute atomic E-state index is 13.6. The zero-order valence-corrected chi connectivity index (χ0v) is 11.8. The summed E-state index contributed by atoms with van der Waals surface area (Å²) in [6.07, 6.45) is 0. The van der Waals surface area contributed by atoms with Crippen LogP contribution in [0.1, 0.15) is 5.56 Å². The first-order valence-corrected chi connectivity index (χ1v) is 6.41. The summed E-state index contributed by atoms with van der Waals surface area (Å²) in [6, 6.07) is 9.34. The third-order valence-electron chi connectivity index (χ3n) is 2.65. The molecule has 0 heterocycles. The summed E-state index contributed by atoms with van der Waals surface area (Å²) in [6.45, 7) is 0.320. The third-order valence-corrected chi connectivity index (χ3v) is 3.31. The number of halogens is 3. The summed E-state index contributed by atoms with van der Waals surface area (Å²) in [5, 5.41) is 2.93. The molecular formula is C14H12BrF2NO. The highest BCUT2D eigenvalue weighted by atomic mass is 79.9. The van der Waals surface area contributed by atoms with Crippen molar-refractivity contribution in [3.8, 4) is 5.75 Å². The number of hydrogen-bond donors (Lipinski definition) is 1. The van der Waals surface area contributed by atoms with Crippen LogP contribution in [0.4, 0.5) is 14.5 Å². The van der Waals surface area contributed by atoms with Crippen LogP contribution in [0.2, 0.25) is 0 Å². The Bertz CT molecular complexity index is 569. The van der Waals surface area contributed by atoms with E-state index < -0.39 is 5.82 Å². The Morgan fingerprint density at radius 3 is 2.58 bits per heavy atom. The predicted octanol–water partition coefficient (Wildman–Crippen LogP) is 4.35. The number of anilines is 1. The van der Waals surface area contributed by atoms with Gasteiger partial charge in [0.05, 0.1) is 12.8 Å². The first-order chi connectivity index (χ1) is 9.11. The van der Waals surface area contributed by atoms with Crippen LogP contribution in [0.15, 0.2) is 40.9 Å². The molecule has 0 bridgehead atoms. The van der Waals surface area contributed by atoms with Gasteiger partial charge in [-0.15, -0.1) is 0 Å². The minimum absolute atomic E-state index is 0.191. The largest absolute Gasteiger partial charge is 0.494 e. The van der Waals surface area contributed by atoms with Gasteiger partial charge in [-0.2, -0.15) is 0 Å². The molecule has 0 radical (unpaired) electrons. The van der Waals surface area contributed by atoms with Crippen LogP contribution in [-0.2, 0) is 6.54 Å². The van der Waals surface area contributed by atoms with Gasteiger partial charge in [0, 0.05) is 11.0 Å². The highest BCUT2D eigenvalue weighted by Crippen LogP contribution is 2.26. The van der Waals surface area contributed by atoms with E-state index in [2.05, 4.69) is 21.2 Å². The highest BCUT2D eigenvalue weighted by Gasteiger charge is 2.07. The van der Waals surface area contributed by atoms with E-state index in [1.54, 1.807) is 24.3 Å². The van der Waals surface area contributed by atoms with E-state index in [1.165, 1.54) is 19.2 Å². The van der Waals surface area contributed by atoms with Gasteiger partial charge in [-0.3, -0.25) is 0 Å². The Labute approximate surface area is 118 Å². The zero-order chi connectivity index (χ0) is 13.8. The van der Waals surface area contributed by atoms with Crippen LogP contribution < -0.4 is 10.1 Å². The molecule has 19 heavy (non-hydrogen) atoms. The number of rotatable bonds is 4. The van der Waals surface area contributed by atoms with E-state index in [-0.39, 0.29) is 11.6 Å². The summed E-state index contributed by atoms with van der Waals surface area (Å²) in [7, 11) is 1.41. The fourth-order valence-electron chi connectivity index (χ4n) is 1.68. The van der Waals surface area contributed by atoms with Crippen molar-refractivity contribution in [1.82, 2.24) is 0 Å². The van der Waals surface area contributed by atoms with Gasteiger partial charge in [0.15, 0.2) is 11.6 Å². The first-order valence-electron chi connectivity index (χ1n) is 5.62. The van der Waals surface area contributed by atoms with Crippen molar-refractivity contribution in [2.24, 2.45) is 0 Å². The molecule has 0 aliphatic carbocycles. The van der Waals surface area contributed by atoms with Crippen LogP contribution in [0.25, 0.3) is 0 Å². The van der Waals surface area contributed by atoms with E-state index in [1.807, 2.05) is 0 Å². The lowest BCUT2D eigenvalue weighted by molar-refractivity contribution is 0.386. The average molecular weight is 328 g/mol. The van der Waals surface area contributed by atoms with Crippen molar-refractivity contribution < 1.29 is 13.5 Å². The Morgan fingerprint density at radius 1 is 1.16 bits per heavy atom. The third kappa shape index (κ3) is 3.23. The van der Waals surface area contributed by atoms with Gasteiger partial charge in [-0.25, -0.2) is 8.78 Å². The topological polar surface area (TPSA) is 21.3 Å². The second-order valence-corrected chi connectivity index (χ2v) is 4.77. The van der Waals surface area contributed by atoms with Gasteiger partial charge in [-0.1, -0.05) is 12.1 Å². The van der Waals surface area contributed by atoms with E-state index in [4.69, 9.17) is 4.74 Å². The smallest absolute Gasteiger partial charge is 0.165 e. The molecule has 0 saturated carbocycles. The maximum atomic E-state index is 13.6. The Morgan fingerprint density at radius 2 is 1.95 bits per heavy atom. The van der Waals surface area contributed by atoms with Crippen molar-refractivity contribution in [1.29, 1.82) is 0 Å². The Balaban J connectivity index is 2.13. The van der Waals surface area contributed by atoms with E-state index in [0.29, 0.717) is 22.3 Å². The molecule has 0 spiro atoms. The molecular weight excluding hydrogens is 316 g/mol. The molecule has 2 aromatic rings. The molecule has 0 aliphatic rings. The molecule has 2 rings (SSSR count). The molecule has 0 atom stereocenters. The van der Waals surface area contributed by atoms with E-state index in [9.17, 15) is 8.78 Å². The SMILES string of the molecule is COc1ccc(CNc2c(F)cccc2Br)cc1F. The molecule has 100 valence electrons. The van der Waals surface area contributed by atoms with Crippen LogP contribution in [-0.4, -0.2) is 7.11 Å². The lowest BCUT2D eigenvalue weighted by Crippen LogP contribution is -2.03. The summed E-state index contributed by atoms with van der Waals surface area (Å²) >= 11 is 3.26. The minimum Gasteiger partial charge on any atom is -0.494 e. The van der Waals surface area contributed by atoms with Crippen LogP contribution in [0, 0.1) is 11.6 Å². The van der Waals surface area contributed by atoms with Crippen LogP contribution >= 0.6 is 15.9 Å². The predicted molar refractivity (Wildman–Crippen MR) is 74.4 cm³/mol. The molecule has 1 N–H and O–H groups in total. The molecule has 0 saturated heterocycles. The number of ether oxygens (including phenoxy) is 1. The molecule has 0 aliphatic heterocycles. The highest BCUT2D eigenvalue weighted by molar-refractivity contribution is 9.10. The fourth-order valence-corrected chi connectivity index (χ4v) is 2.16. The standard InChI is InChI=1S/C14H12BrF2NO/c1-19-13-6-5-9(7-12(13)17)8-18-14-10(15)3-2-4-11(14)16/h2-7,18H,8H2,1H3. The average Bonchev–Trinajstić information content (AvgIpc) is 2.38. The van der Waals surface area contributed by atoms with Crippen molar-refractivity contribution in [2.45, 2.75) is 6.54 Å². The summed E-state index contributed by atoms with van der Waals surface area (Å²) in [5.74, 6) is -0.603. The molecule has 0 unspecified atom stereocenters.